The van der Waals surface area contributed by atoms with Crippen LogP contribution in [0.5, 0.6) is 23.0 Å². The second-order valence-electron chi connectivity index (χ2n) is 16.2. The molecule has 338 valence electrons. The van der Waals surface area contributed by atoms with E-state index >= 15 is 0 Å². The summed E-state index contributed by atoms with van der Waals surface area (Å²) in [5, 5.41) is 1.11. The number of para-hydroxylation sites is 2. The predicted molar refractivity (Wildman–Crippen MR) is 272 cm³/mol. The molecule has 0 fully saturated rings. The maximum Gasteiger partial charge on any atom is 0.267 e. The molecule has 10 nitrogen and oxygen atoms in total. The maximum atomic E-state index is 12.4. The summed E-state index contributed by atoms with van der Waals surface area (Å²) in [5.41, 5.74) is 11.7. The van der Waals surface area contributed by atoms with E-state index in [0.717, 1.165) is 101 Å². The Morgan fingerprint density at radius 3 is 1.00 bits per heavy atom. The van der Waals surface area contributed by atoms with E-state index in [0.29, 0.717) is 6.54 Å². The molecule has 0 bridgehead atoms. The van der Waals surface area contributed by atoms with Crippen LogP contribution in [0.3, 0.4) is 0 Å². The third-order valence-corrected chi connectivity index (χ3v) is 13.6. The minimum Gasteiger partial charge on any atom is -0.497 e. The number of aryl methyl sites for hydroxylation is 1. The number of ether oxygens (including phenoxy) is 4. The lowest BCUT2D eigenvalue weighted by atomic mass is 9.99. The molecule has 0 aliphatic heterocycles. The van der Waals surface area contributed by atoms with Gasteiger partial charge in [-0.05, 0) is 146 Å². The van der Waals surface area contributed by atoms with Gasteiger partial charge < -0.3 is 33.3 Å². The van der Waals surface area contributed by atoms with Crippen molar-refractivity contribution in [2.45, 2.75) is 25.1 Å². The molecule has 8 aromatic carbocycles. The highest BCUT2D eigenvalue weighted by molar-refractivity contribution is 7.86. The van der Waals surface area contributed by atoms with Crippen molar-refractivity contribution in [1.29, 1.82) is 0 Å². The molecule has 1 aromatic heterocycles. The van der Waals surface area contributed by atoms with Crippen LogP contribution in [0.2, 0.25) is 0 Å². The largest absolute Gasteiger partial charge is 0.497 e. The van der Waals surface area contributed by atoms with E-state index in [-0.39, 0.29) is 6.42 Å². The SMILES string of the molecule is COc1ccc(N(c2ccc(OC)cc2)c2ccc(-c3cccc4c5cccc(-c6ccc(N(c7ccc(OC)cc7)c7ccc(OC)cc7)cc6)c5n(CCC(C)S(=O)(=O)O)c34)cc2)cc1. The predicted octanol–water partition coefficient (Wildman–Crippen LogP) is 13.8. The first-order chi connectivity index (χ1) is 32.6. The first kappa shape index (κ1) is 44.5. The summed E-state index contributed by atoms with van der Waals surface area (Å²) in [6.45, 7) is 1.90. The van der Waals surface area contributed by atoms with Crippen molar-refractivity contribution in [3.8, 4) is 45.3 Å². The van der Waals surface area contributed by atoms with E-state index in [1.54, 1.807) is 35.4 Å². The zero-order chi connectivity index (χ0) is 46.7. The summed E-state index contributed by atoms with van der Waals surface area (Å²) in [4.78, 5) is 4.36. The summed E-state index contributed by atoms with van der Waals surface area (Å²) in [6, 6.07) is 61.5. The van der Waals surface area contributed by atoms with Crippen LogP contribution in [0.15, 0.2) is 182 Å². The Bertz CT molecular complexity index is 2950. The average Bonchev–Trinajstić information content (AvgIpc) is 3.70. The summed E-state index contributed by atoms with van der Waals surface area (Å²) >= 11 is 0. The van der Waals surface area contributed by atoms with E-state index in [9.17, 15) is 13.0 Å². The Morgan fingerprint density at radius 2 is 0.731 bits per heavy atom. The Hall–Kier alpha value is -7.73. The fraction of sp³-hybridized carbons (Fsp3) is 0.143. The third kappa shape index (κ3) is 8.99. The van der Waals surface area contributed by atoms with Crippen molar-refractivity contribution in [3.63, 3.8) is 0 Å². The molecule has 1 N–H and O–H groups in total. The molecule has 0 spiro atoms. The van der Waals surface area contributed by atoms with Gasteiger partial charge in [0.05, 0.1) is 44.7 Å². The highest BCUT2D eigenvalue weighted by Crippen LogP contribution is 2.43. The number of rotatable bonds is 16. The molecule has 0 saturated carbocycles. The number of benzene rings is 8. The van der Waals surface area contributed by atoms with E-state index in [4.69, 9.17) is 18.9 Å². The van der Waals surface area contributed by atoms with Crippen molar-refractivity contribution < 1.29 is 31.9 Å². The van der Waals surface area contributed by atoms with Crippen LogP contribution in [0.1, 0.15) is 13.3 Å². The molecule has 9 rings (SSSR count). The van der Waals surface area contributed by atoms with Gasteiger partial charge in [-0.25, -0.2) is 0 Å². The number of nitrogens with zero attached hydrogens (tertiary/aromatic N) is 3. The quantitative estimate of drug-likeness (QED) is 0.0949. The summed E-state index contributed by atoms with van der Waals surface area (Å²) in [5.74, 6) is 3.07. The van der Waals surface area contributed by atoms with Crippen molar-refractivity contribution in [1.82, 2.24) is 4.57 Å². The summed E-state index contributed by atoms with van der Waals surface area (Å²) < 4.78 is 59.1. The molecule has 0 amide bonds. The first-order valence-electron chi connectivity index (χ1n) is 22.0. The number of hydrogen-bond acceptors (Lipinski definition) is 8. The highest BCUT2D eigenvalue weighted by Gasteiger charge is 2.23. The molecule has 9 aromatic rings. The van der Waals surface area contributed by atoms with Gasteiger partial charge >= 0.3 is 0 Å². The molecule has 1 heterocycles. The van der Waals surface area contributed by atoms with Crippen LogP contribution in [-0.2, 0) is 16.7 Å². The van der Waals surface area contributed by atoms with E-state index in [1.165, 1.54) is 0 Å². The molecular formula is C56H51N3O7S. The minimum atomic E-state index is -4.27. The summed E-state index contributed by atoms with van der Waals surface area (Å²) in [6.07, 6.45) is 0.204. The molecule has 11 heteroatoms. The smallest absolute Gasteiger partial charge is 0.267 e. The zero-order valence-electron chi connectivity index (χ0n) is 38.0. The first-order valence-corrected chi connectivity index (χ1v) is 23.5. The van der Waals surface area contributed by atoms with Gasteiger partial charge in [0.25, 0.3) is 10.1 Å². The van der Waals surface area contributed by atoms with Crippen LogP contribution in [0, 0.1) is 0 Å². The molecule has 0 aliphatic carbocycles. The highest BCUT2D eigenvalue weighted by atomic mass is 32.2. The van der Waals surface area contributed by atoms with E-state index in [2.05, 4.69) is 99.3 Å². The molecule has 67 heavy (non-hydrogen) atoms. The zero-order valence-corrected chi connectivity index (χ0v) is 38.8. The number of fused-ring (bicyclic) bond motifs is 3. The number of anilines is 6. The number of methoxy groups -OCH3 is 4. The van der Waals surface area contributed by atoms with E-state index in [1.807, 2.05) is 97.1 Å². The average molecular weight is 910 g/mol. The van der Waals surface area contributed by atoms with E-state index < -0.39 is 15.4 Å². The van der Waals surface area contributed by atoms with Gasteiger partial charge in [-0.3, -0.25) is 4.55 Å². The number of hydrogen-bond donors (Lipinski definition) is 1. The molecule has 1 unspecified atom stereocenters. The van der Waals surface area contributed by atoms with Gasteiger partial charge in [-0.15, -0.1) is 0 Å². The third-order valence-electron chi connectivity index (χ3n) is 12.4. The van der Waals surface area contributed by atoms with Gasteiger partial charge in [0.1, 0.15) is 23.0 Å². The fourth-order valence-electron chi connectivity index (χ4n) is 8.76. The second kappa shape index (κ2) is 19.0. The van der Waals surface area contributed by atoms with Crippen LogP contribution < -0.4 is 28.7 Å². The van der Waals surface area contributed by atoms with Crippen LogP contribution >= 0.6 is 0 Å². The van der Waals surface area contributed by atoms with Gasteiger partial charge in [0.15, 0.2) is 0 Å². The lowest BCUT2D eigenvalue weighted by Crippen LogP contribution is -2.18. The fourth-order valence-corrected chi connectivity index (χ4v) is 9.17. The van der Waals surface area contributed by atoms with Crippen molar-refractivity contribution in [3.05, 3.63) is 182 Å². The van der Waals surface area contributed by atoms with Crippen LogP contribution in [0.4, 0.5) is 34.1 Å². The summed E-state index contributed by atoms with van der Waals surface area (Å²) in [7, 11) is 2.36. The second-order valence-corrected chi connectivity index (χ2v) is 18.1. The van der Waals surface area contributed by atoms with Crippen LogP contribution in [-0.4, -0.2) is 51.2 Å². The molecule has 0 radical (unpaired) electrons. The van der Waals surface area contributed by atoms with Crippen molar-refractivity contribution >= 4 is 66.0 Å². The normalized spacial score (nSPS) is 11.9. The van der Waals surface area contributed by atoms with Gasteiger partial charge in [-0.1, -0.05) is 60.7 Å². The Labute approximate surface area is 391 Å². The minimum absolute atomic E-state index is 0.204. The molecule has 0 aliphatic rings. The Kier molecular flexibility index (Phi) is 12.6. The monoisotopic (exact) mass is 909 g/mol. The van der Waals surface area contributed by atoms with Crippen molar-refractivity contribution in [2.75, 3.05) is 38.2 Å². The standard InChI is InChI=1S/C56H51N3O7S/c1-38(67(60,61)62)36-37-57-55-51(39-12-16-41(17-13-39)58(43-20-28-47(63-2)29-21-43)44-22-30-48(64-3)31-23-44)8-6-10-53(55)54-11-7-9-52(56(54)57)40-14-18-42(19-15-40)59(45-24-32-49(65-4)33-25-45)46-26-34-50(66-5)35-27-46/h6-35,38H,36-37H2,1-5H3,(H,60,61,62). The number of aromatic nitrogens is 1. The molecule has 1 atom stereocenters. The van der Waals surface area contributed by atoms with Gasteiger partial charge in [-0.2, -0.15) is 8.42 Å². The lowest BCUT2D eigenvalue weighted by Gasteiger charge is -2.26. The topological polar surface area (TPSA) is 103 Å². The Morgan fingerprint density at radius 1 is 0.448 bits per heavy atom. The van der Waals surface area contributed by atoms with Crippen LogP contribution in [0.25, 0.3) is 44.1 Å². The van der Waals surface area contributed by atoms with Crippen molar-refractivity contribution in [2.24, 2.45) is 0 Å². The lowest BCUT2D eigenvalue weighted by molar-refractivity contribution is 0.414. The molecular weight excluding hydrogens is 859 g/mol. The molecule has 0 saturated heterocycles. The van der Waals surface area contributed by atoms with Gasteiger partial charge in [0, 0.05) is 62.6 Å². The van der Waals surface area contributed by atoms with Gasteiger partial charge in [0.2, 0.25) is 0 Å². The maximum absolute atomic E-state index is 12.4. The Balaban J connectivity index is 1.16.